The average molecular weight is 1380 g/mol. The number of urea groups is 1. The van der Waals surface area contributed by atoms with E-state index in [2.05, 4.69) is 54.7 Å². The van der Waals surface area contributed by atoms with E-state index in [9.17, 15) is 53.1 Å². The zero-order chi connectivity index (χ0) is 71.0. The van der Waals surface area contributed by atoms with Gasteiger partial charge in [0, 0.05) is 47.8 Å². The highest BCUT2D eigenvalue weighted by Gasteiger charge is 2.46. The van der Waals surface area contributed by atoms with E-state index in [1.165, 1.54) is 10.6 Å². The van der Waals surface area contributed by atoms with Crippen molar-refractivity contribution in [1.82, 2.24) is 46.8 Å². The fourth-order valence-corrected chi connectivity index (χ4v) is 12.0. The number of nitrogens with two attached hydrogens (primary N) is 1. The van der Waals surface area contributed by atoms with Gasteiger partial charge in [-0.3, -0.25) is 28.8 Å². The van der Waals surface area contributed by atoms with Crippen LogP contribution in [0.4, 0.5) is 24.5 Å². The molecule has 0 bridgehead atoms. The molecule has 1 unspecified atom stereocenters. The molecule has 9 amide bonds. The fourth-order valence-electron chi connectivity index (χ4n) is 12.0. The van der Waals surface area contributed by atoms with Gasteiger partial charge in [0.15, 0.2) is 5.60 Å². The number of hydrogen-bond donors (Lipinski definition) is 10. The number of carbonyl (C=O) groups is 9. The van der Waals surface area contributed by atoms with Crippen molar-refractivity contribution in [2.45, 2.75) is 148 Å². The number of rotatable bonds is 36. The number of esters is 1. The molecule has 2 aliphatic carbocycles. The van der Waals surface area contributed by atoms with Gasteiger partial charge >= 0.3 is 24.2 Å². The summed E-state index contributed by atoms with van der Waals surface area (Å²) in [6.45, 7) is 7.45. The lowest BCUT2D eigenvalue weighted by Crippen LogP contribution is -2.54. The number of allylic oxidation sites excluding steroid dienone is 2. The number of cyclic esters (lactones) is 1. The molecule has 11 N–H and O–H groups in total. The second kappa shape index (κ2) is 37.2. The molecule has 4 heterocycles. The molecule has 31 heteroatoms. The molecular weight excluding hydrogens is 1290 g/mol. The van der Waals surface area contributed by atoms with Gasteiger partial charge in [-0.2, -0.15) is 0 Å². The minimum atomic E-state index is -2.06. The van der Waals surface area contributed by atoms with Crippen LogP contribution in [0.15, 0.2) is 53.3 Å². The zero-order valence-electron chi connectivity index (χ0n) is 56.2. The number of halogens is 1. The second-order valence-electron chi connectivity index (χ2n) is 24.6. The van der Waals surface area contributed by atoms with Gasteiger partial charge < -0.3 is 95.8 Å². The number of benzene rings is 2. The molecule has 5 atom stereocenters. The number of anilines is 1. The van der Waals surface area contributed by atoms with Crippen LogP contribution in [0.2, 0.25) is 0 Å². The third kappa shape index (κ3) is 21.2. The van der Waals surface area contributed by atoms with E-state index < -0.39 is 109 Å². The Morgan fingerprint density at radius 3 is 2.22 bits per heavy atom. The number of fused-ring (bicyclic) bond motifs is 5. The lowest BCUT2D eigenvalue weighted by Gasteiger charge is -2.31. The molecule has 2 aliphatic heterocycles. The number of carbonyl (C=O) groups excluding carboxylic acids is 9. The highest BCUT2D eigenvalue weighted by Crippen LogP contribution is 2.46. The average Bonchev–Trinajstić information content (AvgIpc) is 1.62. The summed E-state index contributed by atoms with van der Waals surface area (Å²) in [6.07, 6.45) is 8.40. The fraction of sp³-hybridized carbons (Fsp3) is 0.544. The molecule has 30 nitrogen and oxygen atoms in total. The smallest absolute Gasteiger partial charge is 0.407 e. The van der Waals surface area contributed by atoms with E-state index in [0.717, 1.165) is 37.7 Å². The highest BCUT2D eigenvalue weighted by atomic mass is 19.1. The van der Waals surface area contributed by atoms with Crippen molar-refractivity contribution in [2.24, 2.45) is 11.7 Å². The van der Waals surface area contributed by atoms with Crippen molar-refractivity contribution in [3.63, 3.8) is 0 Å². The topological polar surface area (TPSA) is 405 Å². The Morgan fingerprint density at radius 2 is 1.51 bits per heavy atom. The first kappa shape index (κ1) is 75.6. The summed E-state index contributed by atoms with van der Waals surface area (Å²) < 4.78 is 60.4. The van der Waals surface area contributed by atoms with E-state index in [-0.39, 0.29) is 95.0 Å². The maximum absolute atomic E-state index is 15.4. The SMILES string of the molecule is CC[C@@]1(O)C(=O)OCc2c1cc1n(c2=O)Cc2c-1nc1cc(F)c(C)c3c1c2[C@@H](NC(=O)COCNC(=O)CNC(=O)OCc1ccc(NC(=O)[C@H](CCCNC(N)=O)NC(=O)[C@@H](NC(=O)CCOCCOCCOCCOCCNC(=O)OC2CC/C=C/CCC2)C(C)C)cc1)CC3. The number of amides is 9. The molecule has 0 spiro atoms. The number of pyridine rings is 2. The monoisotopic (exact) mass is 1380 g/mol. The molecule has 8 rings (SSSR count). The van der Waals surface area contributed by atoms with Gasteiger partial charge in [-0.25, -0.2) is 28.6 Å². The summed E-state index contributed by atoms with van der Waals surface area (Å²) in [5.74, 6) is -4.60. The van der Waals surface area contributed by atoms with Crippen LogP contribution in [0, 0.1) is 18.7 Å². The van der Waals surface area contributed by atoms with Crippen LogP contribution in [-0.2, 0) is 98.4 Å². The zero-order valence-corrected chi connectivity index (χ0v) is 56.2. The molecule has 99 heavy (non-hydrogen) atoms. The third-order valence-electron chi connectivity index (χ3n) is 17.3. The van der Waals surface area contributed by atoms with Gasteiger partial charge in [-0.15, -0.1) is 0 Å². The largest absolute Gasteiger partial charge is 0.458 e. The molecule has 538 valence electrons. The Labute approximate surface area is 571 Å². The van der Waals surface area contributed by atoms with Crippen LogP contribution >= 0.6 is 0 Å². The number of ether oxygens (including phenoxy) is 8. The van der Waals surface area contributed by atoms with Crippen molar-refractivity contribution in [3.05, 3.63) is 104 Å². The summed E-state index contributed by atoms with van der Waals surface area (Å²) >= 11 is 0. The molecule has 0 radical (unpaired) electrons. The first-order valence-electron chi connectivity index (χ1n) is 33.4. The second-order valence-corrected chi connectivity index (χ2v) is 24.6. The molecule has 0 fully saturated rings. The molecule has 2 aromatic heterocycles. The Balaban J connectivity index is 0.701. The lowest BCUT2D eigenvalue weighted by atomic mass is 9.81. The van der Waals surface area contributed by atoms with E-state index in [4.69, 9.17) is 48.6 Å². The van der Waals surface area contributed by atoms with Gasteiger partial charge in [0.2, 0.25) is 29.5 Å². The van der Waals surface area contributed by atoms with Crippen LogP contribution < -0.4 is 53.8 Å². The normalized spacial score (nSPS) is 17.6. The number of aliphatic hydroxyl groups is 1. The van der Waals surface area contributed by atoms with Crippen molar-refractivity contribution in [2.75, 3.05) is 91.1 Å². The quantitative estimate of drug-likeness (QED) is 0.00897. The molecular formula is C68H90FN11O19. The first-order chi connectivity index (χ1) is 47.6. The van der Waals surface area contributed by atoms with Gasteiger partial charge in [0.25, 0.3) is 5.56 Å². The van der Waals surface area contributed by atoms with Gasteiger partial charge in [0.1, 0.15) is 57.1 Å². The Hall–Kier alpha value is -9.14. The van der Waals surface area contributed by atoms with Crippen molar-refractivity contribution in [3.8, 4) is 11.4 Å². The highest BCUT2D eigenvalue weighted by molar-refractivity contribution is 5.99. The predicted molar refractivity (Wildman–Crippen MR) is 355 cm³/mol. The lowest BCUT2D eigenvalue weighted by molar-refractivity contribution is -0.172. The van der Waals surface area contributed by atoms with E-state index in [1.807, 2.05) is 0 Å². The number of alkyl carbamates (subject to hydrolysis) is 2. The van der Waals surface area contributed by atoms with E-state index >= 15 is 4.39 Å². The van der Waals surface area contributed by atoms with Crippen LogP contribution in [-0.4, -0.2) is 172 Å². The van der Waals surface area contributed by atoms with Crippen molar-refractivity contribution < 1.29 is 90.5 Å². The van der Waals surface area contributed by atoms with E-state index in [1.54, 1.807) is 58.0 Å². The van der Waals surface area contributed by atoms with Gasteiger partial charge in [0.05, 0.1) is 87.9 Å². The van der Waals surface area contributed by atoms with Crippen molar-refractivity contribution >= 4 is 70.3 Å². The summed E-state index contributed by atoms with van der Waals surface area (Å²) in [6, 6.07) is 5.59. The molecule has 0 saturated heterocycles. The summed E-state index contributed by atoms with van der Waals surface area (Å²) in [5.41, 5.74) is 7.20. The number of nitrogens with zero attached hydrogens (tertiary/aromatic N) is 2. The Bertz CT molecular complexity index is 3640. The molecule has 4 aliphatic rings. The summed E-state index contributed by atoms with van der Waals surface area (Å²) in [4.78, 5) is 134. The van der Waals surface area contributed by atoms with Crippen LogP contribution in [0.5, 0.6) is 0 Å². The van der Waals surface area contributed by atoms with Crippen molar-refractivity contribution in [1.29, 1.82) is 0 Å². The van der Waals surface area contributed by atoms with Gasteiger partial charge in [-0.1, -0.05) is 45.1 Å². The number of nitrogens with one attached hydrogen (secondary N) is 8. The van der Waals surface area contributed by atoms with Crippen LogP contribution in [0.3, 0.4) is 0 Å². The number of hydrogen-bond acceptors (Lipinski definition) is 20. The number of aryl methyl sites for hydroxylation is 1. The Kier molecular flexibility index (Phi) is 28.4. The first-order valence-corrected chi connectivity index (χ1v) is 33.4. The number of primary amides is 1. The predicted octanol–water partition coefficient (Wildman–Crippen LogP) is 3.73. The summed E-state index contributed by atoms with van der Waals surface area (Å²) in [5, 5.41) is 33.2. The summed E-state index contributed by atoms with van der Waals surface area (Å²) in [7, 11) is 0. The maximum Gasteiger partial charge on any atom is 0.407 e. The molecule has 0 saturated carbocycles. The molecule has 4 aromatic rings. The van der Waals surface area contributed by atoms with Crippen LogP contribution in [0.25, 0.3) is 22.3 Å². The number of aromatic nitrogens is 2. The minimum Gasteiger partial charge on any atom is -0.458 e. The third-order valence-corrected chi connectivity index (χ3v) is 17.3. The standard InChI is InChI=1S/C68H90FN11O19/c1-5-68(91)48-32-53-60-46(35-80(53)63(86)47(48)37-97-64(68)87)58-50(20-19-45-41(4)49(69)33-52(77-60)57(45)58)76-56(83)38-96-39-74-55(82)34-73-66(89)98-36-42-15-17-43(18-16-42)75-61(84)51(14-11-22-71-65(70)88)78-62(85)59(40(2)3)79-54(81)21-24-92-26-28-94-30-31-95-29-27-93-25-23-72-67(90)99-44-12-9-7-6-8-10-13-44/h6-7,15-18,32-33,40,44,50-51,59,91H,5,8-14,19-31,34-39H2,1-4H3,(H,72,90)(H,73,89)(H,74,82)(H,75,84)(H,76,83)(H,78,85)(H,79,81)(H3,70,71,88)/b7-6+/t44?,50-,51-,59-,68-/m0/s1. The Morgan fingerprint density at radius 1 is 0.788 bits per heavy atom. The van der Waals surface area contributed by atoms with Gasteiger partial charge in [-0.05, 0) is 118 Å². The molecule has 2 aromatic carbocycles. The minimum absolute atomic E-state index is 0.0501. The van der Waals surface area contributed by atoms with E-state index in [0.29, 0.717) is 103 Å². The van der Waals surface area contributed by atoms with Crippen LogP contribution in [0.1, 0.15) is 130 Å². The maximum atomic E-state index is 15.4.